The van der Waals surface area contributed by atoms with E-state index in [1.54, 1.807) is 0 Å². The SMILES string of the molecule is CC1CC(OCC(N)C2CC2)CC(C)(C)C1. The minimum Gasteiger partial charge on any atom is -0.377 e. The van der Waals surface area contributed by atoms with Gasteiger partial charge in [0.2, 0.25) is 0 Å². The Labute approximate surface area is 99.9 Å². The Morgan fingerprint density at radius 1 is 1.31 bits per heavy atom. The van der Waals surface area contributed by atoms with E-state index in [1.807, 2.05) is 0 Å². The smallest absolute Gasteiger partial charge is 0.0623 e. The summed E-state index contributed by atoms with van der Waals surface area (Å²) < 4.78 is 6.03. The molecule has 2 rings (SSSR count). The van der Waals surface area contributed by atoms with Crippen LogP contribution in [0.5, 0.6) is 0 Å². The Hall–Kier alpha value is -0.0800. The van der Waals surface area contributed by atoms with Gasteiger partial charge in [0.25, 0.3) is 0 Å². The Morgan fingerprint density at radius 3 is 2.56 bits per heavy atom. The van der Waals surface area contributed by atoms with E-state index in [0.717, 1.165) is 18.4 Å². The third-order valence-electron chi connectivity index (χ3n) is 4.10. The summed E-state index contributed by atoms with van der Waals surface area (Å²) in [6, 6.07) is 0.292. The molecular weight excluding hydrogens is 198 g/mol. The van der Waals surface area contributed by atoms with Crippen LogP contribution in [0.15, 0.2) is 0 Å². The van der Waals surface area contributed by atoms with Crippen LogP contribution < -0.4 is 5.73 Å². The van der Waals surface area contributed by atoms with Crippen molar-refractivity contribution in [3.63, 3.8) is 0 Å². The molecule has 0 aromatic rings. The minimum atomic E-state index is 0.292. The zero-order valence-corrected chi connectivity index (χ0v) is 11.0. The average Bonchev–Trinajstić information content (AvgIpc) is 2.93. The van der Waals surface area contributed by atoms with Crippen LogP contribution in [0.3, 0.4) is 0 Å². The van der Waals surface area contributed by atoms with Crippen molar-refractivity contribution in [1.82, 2.24) is 0 Å². The van der Waals surface area contributed by atoms with Crippen molar-refractivity contribution in [2.75, 3.05) is 6.61 Å². The van der Waals surface area contributed by atoms with E-state index in [-0.39, 0.29) is 0 Å². The van der Waals surface area contributed by atoms with Crippen molar-refractivity contribution in [2.45, 2.75) is 65.0 Å². The summed E-state index contributed by atoms with van der Waals surface area (Å²) in [6.07, 6.45) is 6.84. The normalized spacial score (nSPS) is 36.0. The van der Waals surface area contributed by atoms with Gasteiger partial charge >= 0.3 is 0 Å². The lowest BCUT2D eigenvalue weighted by atomic mass is 9.71. The quantitative estimate of drug-likeness (QED) is 0.798. The highest BCUT2D eigenvalue weighted by Gasteiger charge is 2.34. The van der Waals surface area contributed by atoms with Crippen LogP contribution in [0.4, 0.5) is 0 Å². The summed E-state index contributed by atoms with van der Waals surface area (Å²) in [5.41, 5.74) is 6.52. The van der Waals surface area contributed by atoms with E-state index in [9.17, 15) is 0 Å². The first-order valence-corrected chi connectivity index (χ1v) is 6.83. The molecular formula is C14H27NO. The van der Waals surface area contributed by atoms with E-state index in [2.05, 4.69) is 20.8 Å². The van der Waals surface area contributed by atoms with E-state index >= 15 is 0 Å². The van der Waals surface area contributed by atoms with Gasteiger partial charge in [-0.3, -0.25) is 0 Å². The second kappa shape index (κ2) is 4.66. The lowest BCUT2D eigenvalue weighted by Crippen LogP contribution is -2.36. The lowest BCUT2D eigenvalue weighted by Gasteiger charge is -2.39. The first-order valence-electron chi connectivity index (χ1n) is 6.83. The second-order valence-corrected chi connectivity index (χ2v) is 6.87. The molecule has 94 valence electrons. The number of rotatable bonds is 4. The van der Waals surface area contributed by atoms with Crippen molar-refractivity contribution < 1.29 is 4.74 Å². The number of ether oxygens (including phenoxy) is 1. The first kappa shape index (κ1) is 12.4. The van der Waals surface area contributed by atoms with Gasteiger partial charge in [-0.25, -0.2) is 0 Å². The fraction of sp³-hybridized carbons (Fsp3) is 1.00. The van der Waals surface area contributed by atoms with E-state index in [0.29, 0.717) is 17.6 Å². The van der Waals surface area contributed by atoms with Gasteiger partial charge < -0.3 is 10.5 Å². The molecule has 2 fully saturated rings. The monoisotopic (exact) mass is 225 g/mol. The Balaban J connectivity index is 1.75. The largest absolute Gasteiger partial charge is 0.377 e. The summed E-state index contributed by atoms with van der Waals surface area (Å²) in [7, 11) is 0. The van der Waals surface area contributed by atoms with Gasteiger partial charge in [0.05, 0.1) is 12.7 Å². The molecule has 2 saturated carbocycles. The average molecular weight is 225 g/mol. The maximum atomic E-state index is 6.07. The maximum absolute atomic E-state index is 6.07. The molecule has 0 radical (unpaired) electrons. The van der Waals surface area contributed by atoms with Crippen molar-refractivity contribution >= 4 is 0 Å². The summed E-state index contributed by atoms with van der Waals surface area (Å²) in [4.78, 5) is 0. The van der Waals surface area contributed by atoms with Crippen LogP contribution in [0.2, 0.25) is 0 Å². The highest BCUT2D eigenvalue weighted by atomic mass is 16.5. The van der Waals surface area contributed by atoms with Crippen molar-refractivity contribution in [2.24, 2.45) is 23.0 Å². The van der Waals surface area contributed by atoms with Gasteiger partial charge in [-0.2, -0.15) is 0 Å². The molecule has 0 aromatic carbocycles. The Bertz CT molecular complexity index is 235. The fourth-order valence-corrected chi connectivity index (χ4v) is 3.29. The summed E-state index contributed by atoms with van der Waals surface area (Å²) in [5, 5.41) is 0. The predicted octanol–water partition coefficient (Wildman–Crippen LogP) is 2.96. The molecule has 0 spiro atoms. The second-order valence-electron chi connectivity index (χ2n) is 6.87. The number of hydrogen-bond acceptors (Lipinski definition) is 2. The predicted molar refractivity (Wildman–Crippen MR) is 67.2 cm³/mol. The molecule has 0 aliphatic heterocycles. The standard InChI is InChI=1S/C14H27NO/c1-10-6-12(8-14(2,3)7-10)16-9-13(15)11-4-5-11/h10-13H,4-9,15H2,1-3H3. The molecule has 16 heavy (non-hydrogen) atoms. The van der Waals surface area contributed by atoms with E-state index in [1.165, 1.54) is 32.1 Å². The van der Waals surface area contributed by atoms with Crippen LogP contribution in [-0.4, -0.2) is 18.8 Å². The summed E-state index contributed by atoms with van der Waals surface area (Å²) in [6.45, 7) is 7.84. The van der Waals surface area contributed by atoms with E-state index in [4.69, 9.17) is 10.5 Å². The zero-order chi connectivity index (χ0) is 11.8. The van der Waals surface area contributed by atoms with Gasteiger partial charge in [-0.05, 0) is 49.4 Å². The summed E-state index contributed by atoms with van der Waals surface area (Å²) in [5.74, 6) is 1.56. The molecule has 0 bridgehead atoms. The first-order chi connectivity index (χ1) is 7.46. The lowest BCUT2D eigenvalue weighted by molar-refractivity contribution is -0.0291. The van der Waals surface area contributed by atoms with Gasteiger partial charge in [-0.15, -0.1) is 0 Å². The zero-order valence-electron chi connectivity index (χ0n) is 11.0. The van der Waals surface area contributed by atoms with Crippen LogP contribution in [-0.2, 0) is 4.74 Å². The molecule has 0 saturated heterocycles. The highest BCUT2D eigenvalue weighted by molar-refractivity contribution is 4.86. The summed E-state index contributed by atoms with van der Waals surface area (Å²) >= 11 is 0. The van der Waals surface area contributed by atoms with Crippen molar-refractivity contribution in [3.8, 4) is 0 Å². The number of nitrogens with two attached hydrogens (primary N) is 1. The Morgan fingerprint density at radius 2 is 2.00 bits per heavy atom. The molecule has 2 aliphatic carbocycles. The molecule has 2 aliphatic rings. The van der Waals surface area contributed by atoms with Gasteiger partial charge in [-0.1, -0.05) is 20.8 Å². The third-order valence-corrected chi connectivity index (χ3v) is 4.10. The van der Waals surface area contributed by atoms with Gasteiger partial charge in [0, 0.05) is 6.04 Å². The highest BCUT2D eigenvalue weighted by Crippen LogP contribution is 2.40. The molecule has 2 nitrogen and oxygen atoms in total. The Kier molecular flexibility index (Phi) is 3.60. The number of hydrogen-bond donors (Lipinski definition) is 1. The fourth-order valence-electron chi connectivity index (χ4n) is 3.29. The topological polar surface area (TPSA) is 35.2 Å². The molecule has 0 aromatic heterocycles. The minimum absolute atomic E-state index is 0.292. The molecule has 0 heterocycles. The molecule has 3 unspecified atom stereocenters. The molecule has 0 amide bonds. The van der Waals surface area contributed by atoms with Crippen LogP contribution >= 0.6 is 0 Å². The third kappa shape index (κ3) is 3.46. The van der Waals surface area contributed by atoms with Crippen LogP contribution in [0.25, 0.3) is 0 Å². The van der Waals surface area contributed by atoms with Crippen molar-refractivity contribution in [3.05, 3.63) is 0 Å². The molecule has 2 heteroatoms. The molecule has 3 atom stereocenters. The van der Waals surface area contributed by atoms with Crippen LogP contribution in [0, 0.1) is 17.3 Å². The van der Waals surface area contributed by atoms with Gasteiger partial charge in [0.15, 0.2) is 0 Å². The van der Waals surface area contributed by atoms with Gasteiger partial charge in [0.1, 0.15) is 0 Å². The van der Waals surface area contributed by atoms with Crippen LogP contribution in [0.1, 0.15) is 52.9 Å². The van der Waals surface area contributed by atoms with Crippen molar-refractivity contribution in [1.29, 1.82) is 0 Å². The van der Waals surface area contributed by atoms with E-state index < -0.39 is 0 Å². The maximum Gasteiger partial charge on any atom is 0.0623 e. The molecule has 2 N–H and O–H groups in total.